The minimum atomic E-state index is -0.434. The average molecular weight is 494 g/mol. The molecule has 1 saturated heterocycles. The number of hydrogen-bond acceptors (Lipinski definition) is 4. The minimum Gasteiger partial charge on any atom is -0.426 e. The molecule has 2 atom stereocenters. The molecule has 2 bridgehead atoms. The van der Waals surface area contributed by atoms with Gasteiger partial charge in [0, 0.05) is 24.3 Å². The van der Waals surface area contributed by atoms with Crippen LogP contribution in [0.4, 0.5) is 5.69 Å². The first-order valence-electron chi connectivity index (χ1n) is 13.5. The van der Waals surface area contributed by atoms with Crippen molar-refractivity contribution < 1.29 is 19.1 Å². The molecular formula is C32H31NO4. The Hall–Kier alpha value is -3.73. The summed E-state index contributed by atoms with van der Waals surface area (Å²) in [5, 5.41) is 0. The maximum atomic E-state index is 13.9. The van der Waals surface area contributed by atoms with Gasteiger partial charge in [-0.05, 0) is 40.8 Å². The van der Waals surface area contributed by atoms with E-state index in [4.69, 9.17) is 4.74 Å². The molecule has 4 aliphatic rings. The Labute approximate surface area is 217 Å². The highest BCUT2D eigenvalue weighted by molar-refractivity contribution is 6.23. The highest BCUT2D eigenvalue weighted by Crippen LogP contribution is 2.61. The van der Waals surface area contributed by atoms with Crippen molar-refractivity contribution in [1.82, 2.24) is 0 Å². The summed E-state index contributed by atoms with van der Waals surface area (Å²) in [4.78, 5) is 41.6. The first-order chi connectivity index (χ1) is 18.1. The number of esters is 1. The average Bonchev–Trinajstić information content (AvgIpc) is 3.19. The van der Waals surface area contributed by atoms with E-state index in [2.05, 4.69) is 31.2 Å². The molecule has 0 N–H and O–H groups in total. The molecule has 1 heterocycles. The lowest BCUT2D eigenvalue weighted by Crippen LogP contribution is -2.41. The summed E-state index contributed by atoms with van der Waals surface area (Å²) < 4.78 is 5.58. The second-order valence-corrected chi connectivity index (χ2v) is 10.4. The summed E-state index contributed by atoms with van der Waals surface area (Å²) in [5.74, 6) is -1.42. The van der Waals surface area contributed by atoms with E-state index in [-0.39, 0.29) is 29.6 Å². The zero-order valence-electron chi connectivity index (χ0n) is 21.1. The van der Waals surface area contributed by atoms with Crippen LogP contribution in [0.5, 0.6) is 5.75 Å². The number of hydrogen-bond donors (Lipinski definition) is 0. The zero-order valence-corrected chi connectivity index (χ0v) is 21.1. The first kappa shape index (κ1) is 23.7. The SMILES string of the molecule is CCCCCCCC(=O)Oc1cccc(N2C(=O)[C@@H]3C4c5ccccc5C(c5ccccc54)[C@H]3C2=O)c1. The fourth-order valence-corrected chi connectivity index (χ4v) is 6.67. The van der Waals surface area contributed by atoms with Gasteiger partial charge in [-0.15, -0.1) is 0 Å². The van der Waals surface area contributed by atoms with Crippen LogP contribution in [0.1, 0.15) is 79.5 Å². The lowest BCUT2D eigenvalue weighted by Gasteiger charge is -2.45. The van der Waals surface area contributed by atoms with Gasteiger partial charge in [-0.2, -0.15) is 0 Å². The number of anilines is 1. The number of benzene rings is 3. The Balaban J connectivity index is 1.27. The largest absolute Gasteiger partial charge is 0.426 e. The van der Waals surface area contributed by atoms with Crippen molar-refractivity contribution in [3.63, 3.8) is 0 Å². The van der Waals surface area contributed by atoms with E-state index in [1.165, 1.54) is 11.3 Å². The van der Waals surface area contributed by atoms with Gasteiger partial charge in [0.2, 0.25) is 11.8 Å². The van der Waals surface area contributed by atoms with E-state index in [0.29, 0.717) is 17.9 Å². The van der Waals surface area contributed by atoms with Gasteiger partial charge in [0.05, 0.1) is 17.5 Å². The third-order valence-electron chi connectivity index (χ3n) is 8.24. The molecule has 3 aromatic carbocycles. The quantitative estimate of drug-likeness (QED) is 0.159. The number of amides is 2. The molecule has 5 heteroatoms. The fraction of sp³-hybridized carbons (Fsp3) is 0.344. The second-order valence-electron chi connectivity index (χ2n) is 10.4. The number of imide groups is 1. The molecule has 3 aromatic rings. The van der Waals surface area contributed by atoms with Crippen molar-refractivity contribution in [1.29, 1.82) is 0 Å². The van der Waals surface area contributed by atoms with Gasteiger partial charge in [-0.1, -0.05) is 87.2 Å². The third-order valence-corrected chi connectivity index (χ3v) is 8.24. The maximum absolute atomic E-state index is 13.9. The highest BCUT2D eigenvalue weighted by atomic mass is 16.5. The Morgan fingerprint density at radius 1 is 0.730 bits per heavy atom. The molecule has 1 fully saturated rings. The molecule has 0 radical (unpaired) electrons. The van der Waals surface area contributed by atoms with Crippen LogP contribution < -0.4 is 9.64 Å². The number of nitrogens with zero attached hydrogens (tertiary/aromatic N) is 1. The fourth-order valence-electron chi connectivity index (χ4n) is 6.67. The van der Waals surface area contributed by atoms with Crippen molar-refractivity contribution in [3.05, 3.63) is 95.1 Å². The van der Waals surface area contributed by atoms with Crippen LogP contribution in [0.25, 0.3) is 0 Å². The van der Waals surface area contributed by atoms with Crippen LogP contribution in [0.3, 0.4) is 0 Å². The summed E-state index contributed by atoms with van der Waals surface area (Å²) in [7, 11) is 0. The van der Waals surface area contributed by atoms with Gasteiger partial charge in [0.15, 0.2) is 0 Å². The van der Waals surface area contributed by atoms with E-state index in [1.807, 2.05) is 24.3 Å². The van der Waals surface area contributed by atoms with Crippen molar-refractivity contribution in [2.75, 3.05) is 4.90 Å². The molecule has 5 nitrogen and oxygen atoms in total. The van der Waals surface area contributed by atoms with Crippen LogP contribution in [-0.4, -0.2) is 17.8 Å². The normalized spacial score (nSPS) is 23.0. The van der Waals surface area contributed by atoms with E-state index < -0.39 is 11.8 Å². The first-order valence-corrected chi connectivity index (χ1v) is 13.5. The van der Waals surface area contributed by atoms with Crippen molar-refractivity contribution in [2.24, 2.45) is 11.8 Å². The molecule has 3 aliphatic carbocycles. The molecule has 0 unspecified atom stereocenters. The second kappa shape index (κ2) is 9.62. The number of rotatable bonds is 8. The molecule has 2 amide bonds. The molecule has 7 rings (SSSR count). The van der Waals surface area contributed by atoms with Crippen LogP contribution in [0, 0.1) is 11.8 Å². The van der Waals surface area contributed by atoms with Gasteiger partial charge in [0.1, 0.15) is 5.75 Å². The number of ether oxygens (including phenoxy) is 1. The lowest BCUT2D eigenvalue weighted by molar-refractivity contribution is -0.134. The Morgan fingerprint density at radius 3 is 1.81 bits per heavy atom. The van der Waals surface area contributed by atoms with E-state index in [9.17, 15) is 14.4 Å². The van der Waals surface area contributed by atoms with Crippen LogP contribution in [0.15, 0.2) is 72.8 Å². The molecule has 1 aliphatic heterocycles. The predicted octanol–water partition coefficient (Wildman–Crippen LogP) is 6.35. The summed E-state index contributed by atoms with van der Waals surface area (Å²) in [6.45, 7) is 2.16. The number of carbonyl (C=O) groups is 3. The van der Waals surface area contributed by atoms with Gasteiger partial charge >= 0.3 is 5.97 Å². The number of unbranched alkanes of at least 4 members (excludes halogenated alkanes) is 4. The minimum absolute atomic E-state index is 0.141. The van der Waals surface area contributed by atoms with Crippen molar-refractivity contribution in [2.45, 2.75) is 57.3 Å². The summed E-state index contributed by atoms with van der Waals surface area (Å²) in [6.07, 6.45) is 5.63. The Kier molecular flexibility index (Phi) is 6.15. The zero-order chi connectivity index (χ0) is 25.5. The van der Waals surface area contributed by atoms with Crippen LogP contribution in [0.2, 0.25) is 0 Å². The van der Waals surface area contributed by atoms with E-state index in [1.54, 1.807) is 24.3 Å². The van der Waals surface area contributed by atoms with E-state index in [0.717, 1.165) is 47.9 Å². The van der Waals surface area contributed by atoms with E-state index >= 15 is 0 Å². The van der Waals surface area contributed by atoms with Gasteiger partial charge in [-0.3, -0.25) is 14.4 Å². The number of carbonyl (C=O) groups excluding carboxylic acids is 3. The standard InChI is InChI=1S/C32H31NO4/c1-2-3-4-5-6-18-26(34)37-21-13-11-12-20(19-21)33-31(35)29-27-22-14-7-8-15-23(22)28(30(29)32(33)36)25-17-10-9-16-24(25)27/h7-17,19,27-30H,2-6,18H2,1H3/t27?,28?,29-,30-/m1/s1. The van der Waals surface area contributed by atoms with Gasteiger partial charge in [-0.25, -0.2) is 4.90 Å². The van der Waals surface area contributed by atoms with Crippen molar-refractivity contribution in [3.8, 4) is 5.75 Å². The molecule has 0 saturated carbocycles. The molecule has 0 spiro atoms. The summed E-state index contributed by atoms with van der Waals surface area (Å²) in [5.41, 5.74) is 5.06. The smallest absolute Gasteiger partial charge is 0.311 e. The summed E-state index contributed by atoms with van der Waals surface area (Å²) >= 11 is 0. The monoisotopic (exact) mass is 493 g/mol. The third kappa shape index (κ3) is 3.88. The van der Waals surface area contributed by atoms with Gasteiger partial charge < -0.3 is 4.74 Å². The maximum Gasteiger partial charge on any atom is 0.311 e. The predicted molar refractivity (Wildman–Crippen MR) is 141 cm³/mol. The van der Waals surface area contributed by atoms with Gasteiger partial charge in [0.25, 0.3) is 0 Å². The van der Waals surface area contributed by atoms with Crippen molar-refractivity contribution >= 4 is 23.5 Å². The topological polar surface area (TPSA) is 63.7 Å². The molecular weight excluding hydrogens is 462 g/mol. The Morgan fingerprint density at radius 2 is 1.27 bits per heavy atom. The summed E-state index contributed by atoms with van der Waals surface area (Å²) in [6, 6.07) is 23.3. The molecule has 0 aromatic heterocycles. The van der Waals surface area contributed by atoms with Crippen LogP contribution in [-0.2, 0) is 14.4 Å². The van der Waals surface area contributed by atoms with Crippen LogP contribution >= 0.6 is 0 Å². The lowest BCUT2D eigenvalue weighted by atomic mass is 9.55. The molecule has 188 valence electrons. The Bertz CT molecular complexity index is 1260. The molecule has 37 heavy (non-hydrogen) atoms. The highest BCUT2D eigenvalue weighted by Gasteiger charge is 2.61.